The van der Waals surface area contributed by atoms with Gasteiger partial charge in [-0.3, -0.25) is 4.79 Å². The second-order valence-corrected chi connectivity index (χ2v) is 6.09. The molecule has 0 atom stereocenters. The number of nitrogens with one attached hydrogen (secondary N) is 2. The number of nitrogens with zero attached hydrogens (tertiary/aromatic N) is 1. The van der Waals surface area contributed by atoms with E-state index in [1.807, 2.05) is 17.0 Å². The van der Waals surface area contributed by atoms with Crippen LogP contribution in [0.25, 0.3) is 0 Å². The Hall–Kier alpha value is -1.88. The number of piperazine rings is 1. The van der Waals surface area contributed by atoms with Crippen molar-refractivity contribution in [3.63, 3.8) is 0 Å². The Balaban J connectivity index is 0.00000225. The van der Waals surface area contributed by atoms with E-state index in [4.69, 9.17) is 0 Å². The van der Waals surface area contributed by atoms with Crippen molar-refractivity contribution >= 4 is 18.3 Å². The predicted molar refractivity (Wildman–Crippen MR) is 104 cm³/mol. The van der Waals surface area contributed by atoms with Crippen LogP contribution in [0.1, 0.15) is 23.6 Å². The normalized spacial score (nSPS) is 14.2. The number of carbonyl (C=O) groups is 1. The highest BCUT2D eigenvalue weighted by Crippen LogP contribution is 2.21. The van der Waals surface area contributed by atoms with Gasteiger partial charge in [0.15, 0.2) is 0 Å². The fraction of sp³-hybridized carbons (Fsp3) is 0.350. The van der Waals surface area contributed by atoms with Gasteiger partial charge in [0.2, 0.25) is 5.91 Å². The average molecular weight is 360 g/mol. The predicted octanol–water partition coefficient (Wildman–Crippen LogP) is 2.61. The van der Waals surface area contributed by atoms with Crippen LogP contribution in [0, 0.1) is 0 Å². The van der Waals surface area contributed by atoms with Gasteiger partial charge < -0.3 is 15.5 Å². The SMILES string of the molecule is Cl.O=C(CCNC(c1ccccc1)c1ccccc1)N1CCNCC1. The number of hydrogen-bond donors (Lipinski definition) is 2. The van der Waals surface area contributed by atoms with Crippen molar-refractivity contribution in [2.24, 2.45) is 0 Å². The van der Waals surface area contributed by atoms with Crippen LogP contribution in [-0.2, 0) is 4.79 Å². The molecule has 2 aromatic rings. The minimum Gasteiger partial charge on any atom is -0.340 e. The van der Waals surface area contributed by atoms with Gasteiger partial charge in [0.1, 0.15) is 0 Å². The molecular formula is C20H26ClN3O. The lowest BCUT2D eigenvalue weighted by atomic mass is 9.98. The summed E-state index contributed by atoms with van der Waals surface area (Å²) in [6, 6.07) is 20.9. The number of halogens is 1. The van der Waals surface area contributed by atoms with Crippen LogP contribution in [0.3, 0.4) is 0 Å². The number of rotatable bonds is 6. The van der Waals surface area contributed by atoms with Crippen molar-refractivity contribution < 1.29 is 4.79 Å². The fourth-order valence-electron chi connectivity index (χ4n) is 3.11. The quantitative estimate of drug-likeness (QED) is 0.833. The van der Waals surface area contributed by atoms with Crippen LogP contribution in [0.5, 0.6) is 0 Å². The summed E-state index contributed by atoms with van der Waals surface area (Å²) in [6.45, 7) is 4.11. The van der Waals surface area contributed by atoms with Crippen LogP contribution in [0.2, 0.25) is 0 Å². The van der Waals surface area contributed by atoms with E-state index in [0.29, 0.717) is 13.0 Å². The first-order chi connectivity index (χ1) is 11.8. The summed E-state index contributed by atoms with van der Waals surface area (Å²) in [5, 5.41) is 6.84. The molecule has 5 heteroatoms. The molecule has 1 amide bonds. The van der Waals surface area contributed by atoms with Gasteiger partial charge in [0.25, 0.3) is 0 Å². The summed E-state index contributed by atoms with van der Waals surface area (Å²) in [4.78, 5) is 14.3. The summed E-state index contributed by atoms with van der Waals surface area (Å²) in [5.74, 6) is 0.240. The van der Waals surface area contributed by atoms with Gasteiger partial charge in [0, 0.05) is 39.1 Å². The van der Waals surface area contributed by atoms with Crippen LogP contribution in [0.4, 0.5) is 0 Å². The molecule has 134 valence electrons. The third-order valence-electron chi connectivity index (χ3n) is 4.42. The largest absolute Gasteiger partial charge is 0.340 e. The first-order valence-corrected chi connectivity index (χ1v) is 8.66. The summed E-state index contributed by atoms with van der Waals surface area (Å²) in [7, 11) is 0. The second-order valence-electron chi connectivity index (χ2n) is 6.09. The topological polar surface area (TPSA) is 44.4 Å². The molecule has 0 bridgehead atoms. The molecule has 0 aliphatic carbocycles. The standard InChI is InChI=1S/C20H25N3O.ClH/c24-19(23-15-13-21-14-16-23)11-12-22-20(17-7-3-1-4-8-17)18-9-5-2-6-10-18;/h1-10,20-22H,11-16H2;1H. The summed E-state index contributed by atoms with van der Waals surface area (Å²) >= 11 is 0. The zero-order chi connectivity index (χ0) is 16.6. The van der Waals surface area contributed by atoms with Crippen LogP contribution >= 0.6 is 12.4 Å². The van der Waals surface area contributed by atoms with Gasteiger partial charge >= 0.3 is 0 Å². The molecular weight excluding hydrogens is 334 g/mol. The third-order valence-corrected chi connectivity index (χ3v) is 4.42. The molecule has 25 heavy (non-hydrogen) atoms. The molecule has 4 nitrogen and oxygen atoms in total. The molecule has 1 fully saturated rings. The van der Waals surface area contributed by atoms with E-state index in [1.165, 1.54) is 11.1 Å². The highest BCUT2D eigenvalue weighted by Gasteiger charge is 2.17. The number of carbonyl (C=O) groups excluding carboxylic acids is 1. The fourth-order valence-corrected chi connectivity index (χ4v) is 3.11. The number of benzene rings is 2. The van der Waals surface area contributed by atoms with Crippen molar-refractivity contribution in [3.05, 3.63) is 71.8 Å². The monoisotopic (exact) mass is 359 g/mol. The second kappa shape index (κ2) is 10.2. The summed E-state index contributed by atoms with van der Waals surface area (Å²) < 4.78 is 0. The Morgan fingerprint density at radius 3 is 2.00 bits per heavy atom. The summed E-state index contributed by atoms with van der Waals surface area (Å²) in [5.41, 5.74) is 2.44. The van der Waals surface area contributed by atoms with Crippen LogP contribution < -0.4 is 10.6 Å². The molecule has 0 spiro atoms. The maximum atomic E-state index is 12.3. The Kier molecular flexibility index (Phi) is 7.92. The Labute approximate surface area is 156 Å². The Bertz CT molecular complexity index is 590. The average Bonchev–Trinajstić information content (AvgIpc) is 2.67. The molecule has 1 heterocycles. The van der Waals surface area contributed by atoms with Gasteiger partial charge in [-0.1, -0.05) is 60.7 Å². The maximum absolute atomic E-state index is 12.3. The third kappa shape index (κ3) is 5.56. The molecule has 1 aliphatic rings. The van der Waals surface area contributed by atoms with Crippen molar-refractivity contribution in [2.45, 2.75) is 12.5 Å². The Morgan fingerprint density at radius 1 is 0.960 bits per heavy atom. The zero-order valence-electron chi connectivity index (χ0n) is 14.4. The number of hydrogen-bond acceptors (Lipinski definition) is 3. The molecule has 3 rings (SSSR count). The molecule has 2 N–H and O–H groups in total. The highest BCUT2D eigenvalue weighted by atomic mass is 35.5. The minimum absolute atomic E-state index is 0. The molecule has 2 aromatic carbocycles. The first-order valence-electron chi connectivity index (χ1n) is 8.66. The van der Waals surface area contributed by atoms with E-state index >= 15 is 0 Å². The first kappa shape index (κ1) is 19.4. The molecule has 0 saturated carbocycles. The van der Waals surface area contributed by atoms with Gasteiger partial charge in [-0.25, -0.2) is 0 Å². The van der Waals surface area contributed by atoms with E-state index in [0.717, 1.165) is 26.2 Å². The maximum Gasteiger partial charge on any atom is 0.223 e. The number of amides is 1. The molecule has 1 aliphatic heterocycles. The van der Waals surface area contributed by atoms with E-state index in [1.54, 1.807) is 0 Å². The molecule has 0 aromatic heterocycles. The lowest BCUT2D eigenvalue weighted by Gasteiger charge is -2.28. The van der Waals surface area contributed by atoms with Gasteiger partial charge in [-0.2, -0.15) is 0 Å². The van der Waals surface area contributed by atoms with E-state index in [-0.39, 0.29) is 24.4 Å². The van der Waals surface area contributed by atoms with E-state index < -0.39 is 0 Å². The summed E-state index contributed by atoms with van der Waals surface area (Å²) in [6.07, 6.45) is 0.538. The lowest BCUT2D eigenvalue weighted by Crippen LogP contribution is -2.47. The van der Waals surface area contributed by atoms with Crippen LogP contribution in [0.15, 0.2) is 60.7 Å². The minimum atomic E-state index is 0. The lowest BCUT2D eigenvalue weighted by molar-refractivity contribution is -0.131. The van der Waals surface area contributed by atoms with Crippen molar-refractivity contribution in [1.29, 1.82) is 0 Å². The van der Waals surface area contributed by atoms with Crippen molar-refractivity contribution in [1.82, 2.24) is 15.5 Å². The van der Waals surface area contributed by atoms with Crippen molar-refractivity contribution in [2.75, 3.05) is 32.7 Å². The molecule has 0 radical (unpaired) electrons. The van der Waals surface area contributed by atoms with Gasteiger partial charge in [0.05, 0.1) is 6.04 Å². The Morgan fingerprint density at radius 2 is 1.48 bits per heavy atom. The van der Waals surface area contributed by atoms with Crippen molar-refractivity contribution in [3.8, 4) is 0 Å². The zero-order valence-corrected chi connectivity index (χ0v) is 15.2. The van der Waals surface area contributed by atoms with Crippen LogP contribution in [-0.4, -0.2) is 43.5 Å². The van der Waals surface area contributed by atoms with Gasteiger partial charge in [-0.15, -0.1) is 12.4 Å². The molecule has 1 saturated heterocycles. The smallest absolute Gasteiger partial charge is 0.223 e. The van der Waals surface area contributed by atoms with E-state index in [9.17, 15) is 4.79 Å². The van der Waals surface area contributed by atoms with Gasteiger partial charge in [-0.05, 0) is 11.1 Å². The highest BCUT2D eigenvalue weighted by molar-refractivity contribution is 5.85. The molecule has 0 unspecified atom stereocenters. The van der Waals surface area contributed by atoms with E-state index in [2.05, 4.69) is 59.2 Å².